The van der Waals surface area contributed by atoms with Crippen LogP contribution in [0.2, 0.25) is 0 Å². The fraction of sp³-hybridized carbons (Fsp3) is 0.455. The van der Waals surface area contributed by atoms with Gasteiger partial charge in [-0.3, -0.25) is 10.1 Å². The van der Waals surface area contributed by atoms with E-state index in [0.29, 0.717) is 18.0 Å². The second-order valence-electron chi connectivity index (χ2n) is 3.17. The van der Waals surface area contributed by atoms with E-state index in [1.165, 1.54) is 18.4 Å². The summed E-state index contributed by atoms with van der Waals surface area (Å²) in [6.45, 7) is 1.20. The van der Waals surface area contributed by atoms with Gasteiger partial charge in [0.15, 0.2) is 0 Å². The summed E-state index contributed by atoms with van der Waals surface area (Å²) >= 11 is 1.37. The lowest BCUT2D eigenvalue weighted by molar-refractivity contribution is 0.0972. The molecule has 1 N–H and O–H groups in total. The van der Waals surface area contributed by atoms with Gasteiger partial charge in [0.1, 0.15) is 0 Å². The molecular formula is C11H16N2O3S. The molecule has 0 saturated heterocycles. The van der Waals surface area contributed by atoms with Crippen LogP contribution in [0.25, 0.3) is 0 Å². The molecule has 0 fully saturated rings. The number of aliphatic imine (C=N–C) groups is 1. The number of nitrogens with one attached hydrogen (secondary N) is 1. The van der Waals surface area contributed by atoms with Crippen molar-refractivity contribution in [2.24, 2.45) is 4.99 Å². The Labute approximate surface area is 104 Å². The predicted octanol–water partition coefficient (Wildman–Crippen LogP) is 1.52. The quantitative estimate of drug-likeness (QED) is 0.493. The minimum Gasteiger partial charge on any atom is -0.468 e. The van der Waals surface area contributed by atoms with Gasteiger partial charge in [-0.25, -0.2) is 4.99 Å². The number of amidine groups is 1. The van der Waals surface area contributed by atoms with Crippen LogP contribution < -0.4 is 5.32 Å². The van der Waals surface area contributed by atoms with Crippen LogP contribution in [0.4, 0.5) is 0 Å². The van der Waals surface area contributed by atoms with E-state index in [0.717, 1.165) is 6.42 Å². The molecule has 0 aromatic carbocycles. The number of methoxy groups -OCH3 is 2. The van der Waals surface area contributed by atoms with Crippen LogP contribution in [0.1, 0.15) is 16.1 Å². The van der Waals surface area contributed by atoms with E-state index in [1.54, 1.807) is 13.2 Å². The van der Waals surface area contributed by atoms with E-state index in [1.807, 2.05) is 11.4 Å². The molecule has 1 amide bonds. The number of rotatable bonds is 5. The summed E-state index contributed by atoms with van der Waals surface area (Å²) in [6.07, 6.45) is 0.790. The lowest BCUT2D eigenvalue weighted by Gasteiger charge is -2.05. The van der Waals surface area contributed by atoms with Crippen molar-refractivity contribution in [3.63, 3.8) is 0 Å². The number of carbonyl (C=O) groups excluding carboxylic acids is 1. The molecule has 0 aliphatic heterocycles. The van der Waals surface area contributed by atoms with Crippen molar-refractivity contribution in [1.82, 2.24) is 5.32 Å². The van der Waals surface area contributed by atoms with Crippen molar-refractivity contribution in [1.29, 1.82) is 0 Å². The first kappa shape index (κ1) is 13.7. The molecule has 0 aliphatic carbocycles. The predicted molar refractivity (Wildman–Crippen MR) is 67.6 cm³/mol. The van der Waals surface area contributed by atoms with Crippen LogP contribution >= 0.6 is 11.3 Å². The standard InChI is InChI=1S/C11H16N2O3S/c1-15-7-4-6-12-11(16-2)13-10(14)9-5-3-8-17-9/h3,5,8H,4,6-7H2,1-2H3,(H,12,13,14). The molecule has 1 aromatic rings. The fourth-order valence-electron chi connectivity index (χ4n) is 1.11. The maximum absolute atomic E-state index is 11.7. The largest absolute Gasteiger partial charge is 0.468 e. The fourth-order valence-corrected chi connectivity index (χ4v) is 1.73. The van der Waals surface area contributed by atoms with Crippen LogP contribution in [0.15, 0.2) is 22.5 Å². The van der Waals surface area contributed by atoms with Gasteiger partial charge in [-0.15, -0.1) is 11.3 Å². The van der Waals surface area contributed by atoms with Crippen LogP contribution in [0, 0.1) is 0 Å². The number of ether oxygens (including phenoxy) is 2. The molecule has 0 radical (unpaired) electrons. The maximum atomic E-state index is 11.7. The summed E-state index contributed by atoms with van der Waals surface area (Å²) < 4.78 is 9.88. The Morgan fingerprint density at radius 2 is 2.35 bits per heavy atom. The summed E-state index contributed by atoms with van der Waals surface area (Å²) in [5, 5.41) is 4.45. The highest BCUT2D eigenvalue weighted by Gasteiger charge is 2.09. The molecular weight excluding hydrogens is 240 g/mol. The average Bonchev–Trinajstić information content (AvgIpc) is 2.86. The Bertz CT molecular complexity index is 363. The first-order valence-corrected chi connectivity index (χ1v) is 6.08. The van der Waals surface area contributed by atoms with Gasteiger partial charge in [0, 0.05) is 20.3 Å². The topological polar surface area (TPSA) is 59.9 Å². The van der Waals surface area contributed by atoms with Gasteiger partial charge in [0.25, 0.3) is 11.9 Å². The highest BCUT2D eigenvalue weighted by atomic mass is 32.1. The van der Waals surface area contributed by atoms with E-state index >= 15 is 0 Å². The molecule has 0 bridgehead atoms. The molecule has 1 rings (SSSR count). The zero-order valence-electron chi connectivity index (χ0n) is 9.93. The van der Waals surface area contributed by atoms with Crippen molar-refractivity contribution in [2.75, 3.05) is 27.4 Å². The van der Waals surface area contributed by atoms with E-state index in [2.05, 4.69) is 10.3 Å². The molecule has 17 heavy (non-hydrogen) atoms. The minimum atomic E-state index is -0.202. The molecule has 0 spiro atoms. The smallest absolute Gasteiger partial charge is 0.291 e. The Hall–Kier alpha value is -1.40. The highest BCUT2D eigenvalue weighted by Crippen LogP contribution is 2.07. The van der Waals surface area contributed by atoms with E-state index in [4.69, 9.17) is 9.47 Å². The summed E-state index contributed by atoms with van der Waals surface area (Å²) in [5.74, 6) is -0.202. The number of carbonyl (C=O) groups is 1. The van der Waals surface area contributed by atoms with Gasteiger partial charge in [-0.05, 0) is 17.9 Å². The minimum absolute atomic E-state index is 0.202. The van der Waals surface area contributed by atoms with Gasteiger partial charge >= 0.3 is 0 Å². The average molecular weight is 256 g/mol. The van der Waals surface area contributed by atoms with Gasteiger partial charge in [-0.2, -0.15) is 0 Å². The van der Waals surface area contributed by atoms with Crippen LogP contribution in [0.3, 0.4) is 0 Å². The van der Waals surface area contributed by atoms with Crippen molar-refractivity contribution in [3.8, 4) is 0 Å². The van der Waals surface area contributed by atoms with Gasteiger partial charge in [0.05, 0.1) is 12.0 Å². The van der Waals surface area contributed by atoms with Crippen molar-refractivity contribution >= 4 is 23.3 Å². The third kappa shape index (κ3) is 4.97. The number of nitrogens with zero attached hydrogens (tertiary/aromatic N) is 1. The van der Waals surface area contributed by atoms with Crippen LogP contribution in [0.5, 0.6) is 0 Å². The second kappa shape index (κ2) is 7.81. The summed E-state index contributed by atoms with van der Waals surface area (Å²) in [7, 11) is 3.11. The Morgan fingerprint density at radius 1 is 1.53 bits per heavy atom. The normalized spacial score (nSPS) is 11.3. The van der Waals surface area contributed by atoms with Gasteiger partial charge in [-0.1, -0.05) is 6.07 Å². The molecule has 0 unspecified atom stereocenters. The molecule has 0 aliphatic rings. The van der Waals surface area contributed by atoms with Gasteiger partial charge < -0.3 is 9.47 Å². The number of thiophene rings is 1. The summed E-state index contributed by atoms with van der Waals surface area (Å²) in [4.78, 5) is 16.4. The molecule has 5 nitrogen and oxygen atoms in total. The Balaban J connectivity index is 2.43. The number of hydrogen-bond acceptors (Lipinski definition) is 5. The van der Waals surface area contributed by atoms with Gasteiger partial charge in [0.2, 0.25) is 0 Å². The van der Waals surface area contributed by atoms with Crippen molar-refractivity contribution < 1.29 is 14.3 Å². The molecule has 0 atom stereocenters. The second-order valence-corrected chi connectivity index (χ2v) is 4.12. The third-order valence-corrected chi connectivity index (χ3v) is 2.79. The van der Waals surface area contributed by atoms with Crippen molar-refractivity contribution in [2.45, 2.75) is 6.42 Å². The van der Waals surface area contributed by atoms with Crippen LogP contribution in [-0.2, 0) is 9.47 Å². The molecule has 6 heteroatoms. The third-order valence-electron chi connectivity index (χ3n) is 1.92. The van der Waals surface area contributed by atoms with E-state index < -0.39 is 0 Å². The monoisotopic (exact) mass is 256 g/mol. The van der Waals surface area contributed by atoms with Crippen molar-refractivity contribution in [3.05, 3.63) is 22.4 Å². The molecule has 94 valence electrons. The lowest BCUT2D eigenvalue weighted by Crippen LogP contribution is -2.31. The molecule has 0 saturated carbocycles. The Kier molecular flexibility index (Phi) is 6.27. The summed E-state index contributed by atoms with van der Waals surface area (Å²) in [5.41, 5.74) is 0. The first-order chi connectivity index (χ1) is 8.27. The molecule has 1 heterocycles. The SMILES string of the molecule is COCCCN=C(NC(=O)c1cccs1)OC. The number of amides is 1. The zero-order valence-corrected chi connectivity index (χ0v) is 10.8. The number of hydrogen-bond donors (Lipinski definition) is 1. The summed E-state index contributed by atoms with van der Waals surface area (Å²) in [6, 6.07) is 3.81. The lowest BCUT2D eigenvalue weighted by atomic mass is 10.4. The molecule has 1 aromatic heterocycles. The maximum Gasteiger partial charge on any atom is 0.291 e. The van der Waals surface area contributed by atoms with E-state index in [-0.39, 0.29) is 11.9 Å². The van der Waals surface area contributed by atoms with Crippen LogP contribution in [-0.4, -0.2) is 39.3 Å². The van der Waals surface area contributed by atoms with E-state index in [9.17, 15) is 4.79 Å². The zero-order chi connectivity index (χ0) is 12.5. The Morgan fingerprint density at radius 3 is 2.94 bits per heavy atom. The highest BCUT2D eigenvalue weighted by molar-refractivity contribution is 7.12. The first-order valence-electron chi connectivity index (χ1n) is 5.20.